The zero-order chi connectivity index (χ0) is 30.0. The molecule has 1 saturated heterocycles. The second-order valence-electron chi connectivity index (χ2n) is 11.0. The Bertz CT molecular complexity index is 1640. The van der Waals surface area contributed by atoms with Gasteiger partial charge in [-0.3, -0.25) is 18.7 Å². The summed E-state index contributed by atoms with van der Waals surface area (Å²) < 4.78 is 13.2. The van der Waals surface area contributed by atoms with Gasteiger partial charge in [0.2, 0.25) is 0 Å². The number of methoxy groups -OCH3 is 1. The van der Waals surface area contributed by atoms with Crippen LogP contribution in [0.15, 0.2) is 52.1 Å². The summed E-state index contributed by atoms with van der Waals surface area (Å²) in [5.41, 5.74) is 0.805. The third kappa shape index (κ3) is 6.08. The van der Waals surface area contributed by atoms with Gasteiger partial charge in [-0.2, -0.15) is 0 Å². The van der Waals surface area contributed by atoms with E-state index in [-0.39, 0.29) is 41.6 Å². The number of amides is 3. The van der Waals surface area contributed by atoms with Crippen LogP contribution in [0.5, 0.6) is 0 Å². The SMILES string of the molecule is COC(=O)c1cccc(C(=O)NCC2COCCN2C(=O)Nc2ccc3c(c2)c(=O)n(CC2CC2)c(=O)n3C(C)C)c1. The Labute approximate surface area is 242 Å². The Hall–Kier alpha value is -4.45. The molecule has 2 heterocycles. The molecule has 0 bridgehead atoms. The molecular formula is C30H35N5O7. The lowest BCUT2D eigenvalue weighted by Gasteiger charge is -2.35. The van der Waals surface area contributed by atoms with E-state index in [0.29, 0.717) is 42.2 Å². The van der Waals surface area contributed by atoms with Crippen LogP contribution in [-0.2, 0) is 16.0 Å². The number of hydrogen-bond acceptors (Lipinski definition) is 7. The molecule has 3 amide bonds. The van der Waals surface area contributed by atoms with Crippen molar-refractivity contribution in [2.75, 3.05) is 38.7 Å². The van der Waals surface area contributed by atoms with Crippen molar-refractivity contribution in [1.82, 2.24) is 19.4 Å². The highest BCUT2D eigenvalue weighted by Gasteiger charge is 2.29. The summed E-state index contributed by atoms with van der Waals surface area (Å²) in [5.74, 6) is -0.608. The number of morpholine rings is 1. The molecule has 2 aliphatic rings. The summed E-state index contributed by atoms with van der Waals surface area (Å²) in [5, 5.41) is 6.05. The zero-order valence-corrected chi connectivity index (χ0v) is 23.9. The van der Waals surface area contributed by atoms with E-state index in [9.17, 15) is 24.0 Å². The molecule has 222 valence electrons. The number of nitrogens with zero attached hydrogens (tertiary/aromatic N) is 3. The first-order chi connectivity index (χ1) is 20.2. The molecule has 3 aromatic rings. The van der Waals surface area contributed by atoms with Gasteiger partial charge >= 0.3 is 17.7 Å². The molecular weight excluding hydrogens is 542 g/mol. The van der Waals surface area contributed by atoms with E-state index >= 15 is 0 Å². The minimum absolute atomic E-state index is 0.124. The van der Waals surface area contributed by atoms with Crippen molar-refractivity contribution in [1.29, 1.82) is 0 Å². The first-order valence-corrected chi connectivity index (χ1v) is 14.1. The summed E-state index contributed by atoms with van der Waals surface area (Å²) in [6.45, 7) is 5.18. The summed E-state index contributed by atoms with van der Waals surface area (Å²) in [4.78, 5) is 66.1. The van der Waals surface area contributed by atoms with Gasteiger partial charge in [0.1, 0.15) is 0 Å². The summed E-state index contributed by atoms with van der Waals surface area (Å²) >= 11 is 0. The number of hydrogen-bond donors (Lipinski definition) is 2. The topological polar surface area (TPSA) is 141 Å². The van der Waals surface area contributed by atoms with Crippen LogP contribution in [0, 0.1) is 5.92 Å². The van der Waals surface area contributed by atoms with Crippen LogP contribution in [0.3, 0.4) is 0 Å². The highest BCUT2D eigenvalue weighted by molar-refractivity contribution is 5.98. The zero-order valence-electron chi connectivity index (χ0n) is 23.9. The van der Waals surface area contributed by atoms with Crippen molar-refractivity contribution < 1.29 is 23.9 Å². The smallest absolute Gasteiger partial charge is 0.337 e. The van der Waals surface area contributed by atoms with Gasteiger partial charge in [0, 0.05) is 36.9 Å². The first kappa shape index (κ1) is 29.1. The maximum absolute atomic E-state index is 13.4. The Morgan fingerprint density at radius 1 is 1.07 bits per heavy atom. The van der Waals surface area contributed by atoms with Crippen molar-refractivity contribution in [2.24, 2.45) is 5.92 Å². The van der Waals surface area contributed by atoms with E-state index in [1.165, 1.54) is 17.7 Å². The summed E-state index contributed by atoms with van der Waals surface area (Å²) in [6.07, 6.45) is 2.01. The molecule has 1 aromatic heterocycles. The predicted molar refractivity (Wildman–Crippen MR) is 156 cm³/mol. The van der Waals surface area contributed by atoms with Gasteiger partial charge < -0.3 is 25.0 Å². The molecule has 0 radical (unpaired) electrons. The van der Waals surface area contributed by atoms with Crippen LogP contribution in [0.1, 0.15) is 53.4 Å². The minimum Gasteiger partial charge on any atom is -0.465 e. The van der Waals surface area contributed by atoms with Crippen LogP contribution < -0.4 is 21.9 Å². The second kappa shape index (κ2) is 12.2. The lowest BCUT2D eigenvalue weighted by atomic mass is 10.1. The third-order valence-corrected chi connectivity index (χ3v) is 7.61. The fourth-order valence-corrected chi connectivity index (χ4v) is 5.18. The number of esters is 1. The number of ether oxygens (including phenoxy) is 2. The largest absolute Gasteiger partial charge is 0.465 e. The molecule has 1 unspecified atom stereocenters. The van der Waals surface area contributed by atoms with E-state index < -0.39 is 23.9 Å². The molecule has 1 atom stereocenters. The van der Waals surface area contributed by atoms with Crippen LogP contribution in [0.2, 0.25) is 0 Å². The molecule has 5 rings (SSSR count). The van der Waals surface area contributed by atoms with E-state index in [2.05, 4.69) is 10.6 Å². The molecule has 0 spiro atoms. The highest BCUT2D eigenvalue weighted by atomic mass is 16.5. The third-order valence-electron chi connectivity index (χ3n) is 7.61. The number of nitrogens with one attached hydrogen (secondary N) is 2. The Balaban J connectivity index is 1.32. The summed E-state index contributed by atoms with van der Waals surface area (Å²) in [6, 6.07) is 10.1. The maximum atomic E-state index is 13.4. The van der Waals surface area contributed by atoms with Gasteiger partial charge in [0.25, 0.3) is 11.5 Å². The monoisotopic (exact) mass is 577 g/mol. The normalized spacial score (nSPS) is 16.9. The maximum Gasteiger partial charge on any atom is 0.337 e. The van der Waals surface area contributed by atoms with E-state index in [4.69, 9.17) is 9.47 Å². The van der Waals surface area contributed by atoms with Crippen molar-refractivity contribution in [3.63, 3.8) is 0 Å². The van der Waals surface area contributed by atoms with E-state index in [1.807, 2.05) is 13.8 Å². The van der Waals surface area contributed by atoms with Gasteiger partial charge in [-0.15, -0.1) is 0 Å². The fourth-order valence-electron chi connectivity index (χ4n) is 5.18. The molecule has 2 fully saturated rings. The van der Waals surface area contributed by atoms with Gasteiger partial charge in [-0.1, -0.05) is 6.07 Å². The standard InChI is InChI=1S/C30H35N5O7/c1-18(2)35-25-10-9-22(14-24(25)27(37)34(30(35)40)16-19-7-8-19)32-29(39)33-11-12-42-17-23(33)15-31-26(36)20-5-4-6-21(13-20)28(38)41-3/h4-6,9-10,13-14,18-19,23H,7-8,11-12,15-17H2,1-3H3,(H,31,36)(H,32,39). The number of fused-ring (bicyclic) bond motifs is 1. The molecule has 2 aromatic carbocycles. The average Bonchev–Trinajstić information content (AvgIpc) is 3.82. The number of rotatable bonds is 8. The van der Waals surface area contributed by atoms with Crippen LogP contribution >= 0.6 is 0 Å². The predicted octanol–water partition coefficient (Wildman–Crippen LogP) is 2.60. The van der Waals surface area contributed by atoms with Crippen LogP contribution in [0.4, 0.5) is 10.5 Å². The number of benzene rings is 2. The molecule has 12 nitrogen and oxygen atoms in total. The lowest BCUT2D eigenvalue weighted by Crippen LogP contribution is -2.54. The molecule has 2 N–H and O–H groups in total. The number of carbonyl (C=O) groups is 3. The van der Waals surface area contributed by atoms with Crippen LogP contribution in [0.25, 0.3) is 10.9 Å². The van der Waals surface area contributed by atoms with Gasteiger partial charge in [0.05, 0.1) is 42.8 Å². The Morgan fingerprint density at radius 3 is 2.55 bits per heavy atom. The van der Waals surface area contributed by atoms with Crippen LogP contribution in [-0.4, -0.2) is 71.4 Å². The average molecular weight is 578 g/mol. The fraction of sp³-hybridized carbons (Fsp3) is 0.433. The minimum atomic E-state index is -0.545. The van der Waals surface area contributed by atoms with E-state index in [1.54, 1.807) is 45.9 Å². The van der Waals surface area contributed by atoms with Crippen molar-refractivity contribution in [2.45, 2.75) is 45.3 Å². The van der Waals surface area contributed by atoms with Crippen molar-refractivity contribution in [3.05, 3.63) is 74.4 Å². The molecule has 12 heteroatoms. The van der Waals surface area contributed by atoms with E-state index in [0.717, 1.165) is 12.8 Å². The quantitative estimate of drug-likeness (QED) is 0.392. The summed E-state index contributed by atoms with van der Waals surface area (Å²) in [7, 11) is 1.27. The molecule has 1 aliphatic heterocycles. The molecule has 42 heavy (non-hydrogen) atoms. The lowest BCUT2D eigenvalue weighted by molar-refractivity contribution is 0.0159. The number of anilines is 1. The molecule has 1 saturated carbocycles. The highest BCUT2D eigenvalue weighted by Crippen LogP contribution is 2.30. The number of aromatic nitrogens is 2. The Morgan fingerprint density at radius 2 is 1.83 bits per heavy atom. The van der Waals surface area contributed by atoms with Crippen molar-refractivity contribution >= 4 is 34.5 Å². The second-order valence-corrected chi connectivity index (χ2v) is 11.0. The van der Waals surface area contributed by atoms with Gasteiger partial charge in [-0.25, -0.2) is 14.4 Å². The number of urea groups is 1. The van der Waals surface area contributed by atoms with Gasteiger partial charge in [0.15, 0.2) is 0 Å². The molecule has 1 aliphatic carbocycles. The Kier molecular flexibility index (Phi) is 8.44. The van der Waals surface area contributed by atoms with Crippen molar-refractivity contribution in [3.8, 4) is 0 Å². The van der Waals surface area contributed by atoms with Gasteiger partial charge in [-0.05, 0) is 69.0 Å². The first-order valence-electron chi connectivity index (χ1n) is 14.1. The number of carbonyl (C=O) groups excluding carboxylic acids is 3.